The first-order chi connectivity index (χ1) is 12.2. The number of phenolic OH excluding ortho intramolecular Hbond substituents is 1. The van der Waals surface area contributed by atoms with E-state index >= 15 is 0 Å². The summed E-state index contributed by atoms with van der Waals surface area (Å²) in [7, 11) is 0. The second kappa shape index (κ2) is 11.6. The first-order valence-corrected chi connectivity index (χ1v) is 7.04. The van der Waals surface area contributed by atoms with E-state index in [9.17, 15) is 30.3 Å². The standard InChI is InChI=1S/C6H3N3O7.C6H15NO3/c10-6-4(8(13)14)1-3(7(11)12)2-5(6)9(15)16;8-4-1-7(2-5-9)3-6-10/h1-2,10H;8-10H,1-6H2. The van der Waals surface area contributed by atoms with Crippen molar-refractivity contribution in [3.05, 3.63) is 42.5 Å². The topological polar surface area (TPSA) is 214 Å². The Kier molecular flexibility index (Phi) is 10.3. The molecule has 1 aromatic rings. The Labute approximate surface area is 146 Å². The van der Waals surface area contributed by atoms with Crippen LogP contribution in [0.1, 0.15) is 0 Å². The second-order valence-electron chi connectivity index (χ2n) is 4.62. The van der Waals surface area contributed by atoms with Crippen molar-refractivity contribution < 1.29 is 35.2 Å². The van der Waals surface area contributed by atoms with Gasteiger partial charge in [0.05, 0.1) is 46.7 Å². The molecule has 0 aliphatic carbocycles. The molecule has 0 unspecified atom stereocenters. The quantitative estimate of drug-likeness (QED) is 0.314. The lowest BCUT2D eigenvalue weighted by atomic mass is 10.2. The van der Waals surface area contributed by atoms with Crippen LogP contribution in [-0.2, 0) is 0 Å². The number of aromatic hydroxyl groups is 1. The number of hydrogen-bond donors (Lipinski definition) is 4. The maximum atomic E-state index is 10.4. The molecule has 0 saturated heterocycles. The summed E-state index contributed by atoms with van der Waals surface area (Å²) in [4.78, 5) is 29.6. The maximum absolute atomic E-state index is 10.4. The number of nitro groups is 3. The summed E-state index contributed by atoms with van der Waals surface area (Å²) in [6, 6.07) is 0.894. The van der Waals surface area contributed by atoms with E-state index in [4.69, 9.17) is 20.4 Å². The van der Waals surface area contributed by atoms with Crippen molar-refractivity contribution in [3.63, 3.8) is 0 Å². The molecule has 0 fully saturated rings. The molecule has 0 saturated carbocycles. The Hall–Kier alpha value is -2.94. The van der Waals surface area contributed by atoms with E-state index in [1.54, 1.807) is 4.90 Å². The number of aliphatic hydroxyl groups excluding tert-OH is 3. The molecule has 146 valence electrons. The van der Waals surface area contributed by atoms with Crippen molar-refractivity contribution in [2.45, 2.75) is 0 Å². The molecular weight excluding hydrogens is 360 g/mol. The fourth-order valence-corrected chi connectivity index (χ4v) is 1.73. The summed E-state index contributed by atoms with van der Waals surface area (Å²) >= 11 is 0. The highest BCUT2D eigenvalue weighted by atomic mass is 16.6. The predicted octanol–water partition coefficient (Wildman–Crippen LogP) is -0.618. The predicted molar refractivity (Wildman–Crippen MR) is 85.8 cm³/mol. The van der Waals surface area contributed by atoms with E-state index in [2.05, 4.69) is 0 Å². The smallest absolute Gasteiger partial charge is 0.324 e. The highest BCUT2D eigenvalue weighted by molar-refractivity contribution is 5.64. The molecule has 26 heavy (non-hydrogen) atoms. The van der Waals surface area contributed by atoms with Crippen LogP contribution in [0.4, 0.5) is 17.1 Å². The van der Waals surface area contributed by atoms with Gasteiger partial charge in [0.25, 0.3) is 11.4 Å². The Morgan fingerprint density at radius 2 is 1.12 bits per heavy atom. The zero-order valence-electron chi connectivity index (χ0n) is 13.4. The number of aliphatic hydroxyl groups is 3. The number of rotatable bonds is 9. The van der Waals surface area contributed by atoms with Crippen LogP contribution in [0, 0.1) is 30.3 Å². The summed E-state index contributed by atoms with van der Waals surface area (Å²) in [6.07, 6.45) is 0. The summed E-state index contributed by atoms with van der Waals surface area (Å²) in [5, 5.41) is 65.7. The molecule has 0 amide bonds. The number of phenols is 1. The largest absolute Gasteiger partial charge is 0.497 e. The van der Waals surface area contributed by atoms with Crippen LogP contribution in [0.3, 0.4) is 0 Å². The zero-order valence-corrected chi connectivity index (χ0v) is 13.4. The summed E-state index contributed by atoms with van der Waals surface area (Å²) in [6.45, 7) is 1.75. The molecule has 0 bridgehead atoms. The molecule has 4 N–H and O–H groups in total. The third-order valence-electron chi connectivity index (χ3n) is 2.91. The van der Waals surface area contributed by atoms with Crippen LogP contribution >= 0.6 is 0 Å². The van der Waals surface area contributed by atoms with Crippen molar-refractivity contribution in [1.82, 2.24) is 4.90 Å². The van der Waals surface area contributed by atoms with Gasteiger partial charge >= 0.3 is 11.4 Å². The van der Waals surface area contributed by atoms with Gasteiger partial charge in [-0.1, -0.05) is 0 Å². The Morgan fingerprint density at radius 3 is 1.35 bits per heavy atom. The van der Waals surface area contributed by atoms with Gasteiger partial charge in [-0.3, -0.25) is 35.2 Å². The normalized spacial score (nSPS) is 10.2. The van der Waals surface area contributed by atoms with Crippen LogP contribution in [0.5, 0.6) is 5.75 Å². The van der Waals surface area contributed by atoms with Crippen molar-refractivity contribution in [1.29, 1.82) is 0 Å². The highest BCUT2D eigenvalue weighted by Crippen LogP contribution is 2.38. The molecule has 0 heterocycles. The minimum Gasteiger partial charge on any atom is -0.497 e. The molecule has 0 aliphatic rings. The summed E-state index contributed by atoms with van der Waals surface area (Å²) in [5.41, 5.74) is -3.00. The first kappa shape index (κ1) is 23.1. The highest BCUT2D eigenvalue weighted by Gasteiger charge is 2.30. The molecule has 1 aromatic carbocycles. The fourth-order valence-electron chi connectivity index (χ4n) is 1.73. The molecule has 1 rings (SSSR count). The van der Waals surface area contributed by atoms with Crippen molar-refractivity contribution in [2.75, 3.05) is 39.5 Å². The molecule has 14 heteroatoms. The van der Waals surface area contributed by atoms with Crippen LogP contribution < -0.4 is 0 Å². The van der Waals surface area contributed by atoms with Crippen LogP contribution in [0.15, 0.2) is 12.1 Å². The van der Waals surface area contributed by atoms with Crippen LogP contribution in [0.25, 0.3) is 0 Å². The number of benzene rings is 1. The lowest BCUT2D eigenvalue weighted by Gasteiger charge is -2.17. The van der Waals surface area contributed by atoms with E-state index in [0.29, 0.717) is 31.8 Å². The molecule has 0 aliphatic heterocycles. The van der Waals surface area contributed by atoms with Crippen molar-refractivity contribution >= 4 is 17.1 Å². The molecule has 0 spiro atoms. The van der Waals surface area contributed by atoms with Gasteiger partial charge in [0.15, 0.2) is 0 Å². The lowest BCUT2D eigenvalue weighted by Crippen LogP contribution is -2.32. The van der Waals surface area contributed by atoms with Gasteiger partial charge < -0.3 is 20.4 Å². The Balaban J connectivity index is 0.000000541. The minimum absolute atomic E-state index is 0.0694. The zero-order chi connectivity index (χ0) is 20.3. The van der Waals surface area contributed by atoms with Gasteiger partial charge in [0.1, 0.15) is 0 Å². The SMILES string of the molecule is O=[N+]([O-])c1cc([N+](=O)[O-])c(O)c([N+](=O)[O-])c1.OCCN(CCO)CCO. The first-order valence-electron chi connectivity index (χ1n) is 7.04. The van der Waals surface area contributed by atoms with E-state index in [0.717, 1.165) is 0 Å². The number of nitro benzene ring substituents is 3. The van der Waals surface area contributed by atoms with Gasteiger partial charge in [-0.2, -0.15) is 0 Å². The molecular formula is C12H18N4O10. The van der Waals surface area contributed by atoms with Crippen molar-refractivity contribution in [2.24, 2.45) is 0 Å². The molecule has 14 nitrogen and oxygen atoms in total. The number of nitrogens with zero attached hydrogens (tertiary/aromatic N) is 4. The van der Waals surface area contributed by atoms with Gasteiger partial charge in [0, 0.05) is 19.6 Å². The third kappa shape index (κ3) is 7.31. The Morgan fingerprint density at radius 1 is 0.769 bits per heavy atom. The average molecular weight is 378 g/mol. The fraction of sp³-hybridized carbons (Fsp3) is 0.500. The Bertz CT molecular complexity index is 589. The lowest BCUT2D eigenvalue weighted by molar-refractivity contribution is -0.404. The molecule has 0 atom stereocenters. The van der Waals surface area contributed by atoms with Gasteiger partial charge in [-0.15, -0.1) is 0 Å². The van der Waals surface area contributed by atoms with Gasteiger partial charge in [-0.25, -0.2) is 0 Å². The van der Waals surface area contributed by atoms with E-state index in [1.165, 1.54) is 0 Å². The van der Waals surface area contributed by atoms with Crippen molar-refractivity contribution in [3.8, 4) is 5.75 Å². The van der Waals surface area contributed by atoms with Gasteiger partial charge in [-0.05, 0) is 0 Å². The van der Waals surface area contributed by atoms with Crippen LogP contribution in [-0.4, -0.2) is 79.6 Å². The monoisotopic (exact) mass is 378 g/mol. The summed E-state index contributed by atoms with van der Waals surface area (Å²) < 4.78 is 0. The minimum atomic E-state index is -1.21. The number of hydrogen-bond acceptors (Lipinski definition) is 11. The maximum Gasteiger partial charge on any atom is 0.324 e. The summed E-state index contributed by atoms with van der Waals surface area (Å²) in [5.74, 6) is -1.21. The third-order valence-corrected chi connectivity index (χ3v) is 2.91. The molecule has 0 radical (unpaired) electrons. The van der Waals surface area contributed by atoms with Crippen LogP contribution in [0.2, 0.25) is 0 Å². The van der Waals surface area contributed by atoms with E-state index in [-0.39, 0.29) is 19.8 Å². The van der Waals surface area contributed by atoms with Gasteiger partial charge in [0.2, 0.25) is 0 Å². The average Bonchev–Trinajstić information content (AvgIpc) is 2.55. The molecule has 0 aromatic heterocycles. The van der Waals surface area contributed by atoms with E-state index < -0.39 is 37.6 Å². The number of non-ortho nitro benzene ring substituents is 1. The second-order valence-corrected chi connectivity index (χ2v) is 4.62. The van der Waals surface area contributed by atoms with E-state index in [1.807, 2.05) is 0 Å².